The lowest BCUT2D eigenvalue weighted by molar-refractivity contribution is -0.120. The highest BCUT2D eigenvalue weighted by Crippen LogP contribution is 2.18. The van der Waals surface area contributed by atoms with E-state index in [4.69, 9.17) is 5.73 Å². The van der Waals surface area contributed by atoms with Gasteiger partial charge < -0.3 is 11.1 Å². The Morgan fingerprint density at radius 1 is 1.39 bits per heavy atom. The van der Waals surface area contributed by atoms with E-state index in [1.807, 2.05) is 0 Å². The molecule has 0 aromatic heterocycles. The standard InChI is InChI=1S/C12H14BrFN2O2/c1-6(2)10(11(15)17)16-12(18)8-4-3-7(14)5-9(8)13/h3-6,10H,1-2H3,(H2,15,17)(H,16,18). The average Bonchev–Trinajstić information content (AvgIpc) is 2.24. The summed E-state index contributed by atoms with van der Waals surface area (Å²) in [5.74, 6) is -1.64. The van der Waals surface area contributed by atoms with E-state index in [0.717, 1.165) is 0 Å². The highest BCUT2D eigenvalue weighted by atomic mass is 79.9. The second-order valence-corrected chi connectivity index (χ2v) is 5.08. The number of hydrogen-bond donors (Lipinski definition) is 2. The van der Waals surface area contributed by atoms with Crippen LogP contribution in [0.4, 0.5) is 4.39 Å². The van der Waals surface area contributed by atoms with Gasteiger partial charge in [0.05, 0.1) is 5.56 Å². The summed E-state index contributed by atoms with van der Waals surface area (Å²) in [5.41, 5.74) is 5.45. The molecule has 2 amide bonds. The van der Waals surface area contributed by atoms with Gasteiger partial charge in [0.25, 0.3) is 5.91 Å². The van der Waals surface area contributed by atoms with Gasteiger partial charge >= 0.3 is 0 Å². The van der Waals surface area contributed by atoms with Gasteiger partial charge in [-0.1, -0.05) is 13.8 Å². The number of hydrogen-bond acceptors (Lipinski definition) is 2. The molecule has 0 aliphatic carbocycles. The third-order valence-corrected chi connectivity index (χ3v) is 3.09. The van der Waals surface area contributed by atoms with Gasteiger partial charge in [0.2, 0.25) is 5.91 Å². The minimum atomic E-state index is -0.755. The van der Waals surface area contributed by atoms with Crippen LogP contribution in [-0.4, -0.2) is 17.9 Å². The van der Waals surface area contributed by atoms with Gasteiger partial charge in [-0.2, -0.15) is 0 Å². The smallest absolute Gasteiger partial charge is 0.253 e. The molecule has 1 rings (SSSR count). The first kappa shape index (κ1) is 14.6. The van der Waals surface area contributed by atoms with E-state index in [1.54, 1.807) is 13.8 Å². The van der Waals surface area contributed by atoms with Crippen LogP contribution in [0.1, 0.15) is 24.2 Å². The molecule has 0 fully saturated rings. The van der Waals surface area contributed by atoms with Gasteiger partial charge in [-0.3, -0.25) is 9.59 Å². The molecule has 98 valence electrons. The van der Waals surface area contributed by atoms with Gasteiger partial charge in [-0.05, 0) is 40.0 Å². The number of amides is 2. The lowest BCUT2D eigenvalue weighted by Gasteiger charge is -2.19. The van der Waals surface area contributed by atoms with Crippen molar-refractivity contribution in [2.24, 2.45) is 11.7 Å². The largest absolute Gasteiger partial charge is 0.368 e. The predicted molar refractivity (Wildman–Crippen MR) is 69.4 cm³/mol. The third-order valence-electron chi connectivity index (χ3n) is 2.44. The Morgan fingerprint density at radius 3 is 2.44 bits per heavy atom. The fraction of sp³-hybridized carbons (Fsp3) is 0.333. The molecule has 0 aliphatic rings. The molecule has 0 spiro atoms. The maximum absolute atomic E-state index is 12.9. The van der Waals surface area contributed by atoms with Crippen molar-refractivity contribution in [2.75, 3.05) is 0 Å². The number of carbonyl (C=O) groups excluding carboxylic acids is 2. The summed E-state index contributed by atoms with van der Waals surface area (Å²) in [5, 5.41) is 2.53. The summed E-state index contributed by atoms with van der Waals surface area (Å²) in [6.07, 6.45) is 0. The molecule has 0 saturated heterocycles. The van der Waals surface area contributed by atoms with E-state index in [0.29, 0.717) is 4.47 Å². The Bertz CT molecular complexity index is 477. The van der Waals surface area contributed by atoms with Crippen LogP contribution in [-0.2, 0) is 4.79 Å². The molecule has 18 heavy (non-hydrogen) atoms. The van der Waals surface area contributed by atoms with Crippen LogP contribution in [0.3, 0.4) is 0 Å². The maximum Gasteiger partial charge on any atom is 0.253 e. The van der Waals surface area contributed by atoms with E-state index in [-0.39, 0.29) is 11.5 Å². The Hall–Kier alpha value is -1.43. The van der Waals surface area contributed by atoms with Gasteiger partial charge in [-0.15, -0.1) is 0 Å². The summed E-state index contributed by atoms with van der Waals surface area (Å²) in [6, 6.07) is 2.94. The Kier molecular flexibility index (Phi) is 4.84. The van der Waals surface area contributed by atoms with Crippen LogP contribution in [0.15, 0.2) is 22.7 Å². The first-order chi connectivity index (χ1) is 8.32. The zero-order valence-corrected chi connectivity index (χ0v) is 11.6. The second kappa shape index (κ2) is 5.95. The minimum absolute atomic E-state index is 0.120. The van der Waals surface area contributed by atoms with Crippen LogP contribution in [0.5, 0.6) is 0 Å². The van der Waals surface area contributed by atoms with Crippen LogP contribution in [0.25, 0.3) is 0 Å². The van der Waals surface area contributed by atoms with E-state index in [1.165, 1.54) is 18.2 Å². The number of rotatable bonds is 4. The number of nitrogens with two attached hydrogens (primary N) is 1. The molecule has 6 heteroatoms. The SMILES string of the molecule is CC(C)C(NC(=O)c1ccc(F)cc1Br)C(N)=O. The topological polar surface area (TPSA) is 72.2 Å². The molecule has 1 atom stereocenters. The normalized spacial score (nSPS) is 12.3. The highest BCUT2D eigenvalue weighted by Gasteiger charge is 2.23. The van der Waals surface area contributed by atoms with E-state index >= 15 is 0 Å². The third kappa shape index (κ3) is 3.53. The van der Waals surface area contributed by atoms with Crippen molar-refractivity contribution < 1.29 is 14.0 Å². The number of halogens is 2. The quantitative estimate of drug-likeness (QED) is 0.889. The van der Waals surface area contributed by atoms with Crippen LogP contribution < -0.4 is 11.1 Å². The number of carbonyl (C=O) groups is 2. The molecule has 1 unspecified atom stereocenters. The molecule has 0 aliphatic heterocycles. The first-order valence-electron chi connectivity index (χ1n) is 5.38. The fourth-order valence-corrected chi connectivity index (χ4v) is 1.99. The van der Waals surface area contributed by atoms with Gasteiger partial charge in [0.15, 0.2) is 0 Å². The molecular formula is C12H14BrFN2O2. The average molecular weight is 317 g/mol. The first-order valence-corrected chi connectivity index (χ1v) is 6.17. The fourth-order valence-electron chi connectivity index (χ4n) is 1.46. The van der Waals surface area contributed by atoms with Gasteiger partial charge in [-0.25, -0.2) is 4.39 Å². The lowest BCUT2D eigenvalue weighted by atomic mass is 10.0. The zero-order valence-electron chi connectivity index (χ0n) is 10.0. The van der Waals surface area contributed by atoms with Crippen molar-refractivity contribution >= 4 is 27.7 Å². The number of primary amides is 1. The van der Waals surface area contributed by atoms with E-state index < -0.39 is 23.7 Å². The van der Waals surface area contributed by atoms with Crippen molar-refractivity contribution in [1.29, 1.82) is 0 Å². The van der Waals surface area contributed by atoms with Crippen molar-refractivity contribution in [1.82, 2.24) is 5.32 Å². The van der Waals surface area contributed by atoms with E-state index in [9.17, 15) is 14.0 Å². The highest BCUT2D eigenvalue weighted by molar-refractivity contribution is 9.10. The van der Waals surface area contributed by atoms with Crippen molar-refractivity contribution in [3.05, 3.63) is 34.1 Å². The summed E-state index contributed by atoms with van der Waals surface area (Å²) in [4.78, 5) is 23.1. The molecule has 4 nitrogen and oxygen atoms in total. The summed E-state index contributed by atoms with van der Waals surface area (Å²) in [7, 11) is 0. The molecule has 1 aromatic carbocycles. The summed E-state index contributed by atoms with van der Waals surface area (Å²) in [6.45, 7) is 3.55. The van der Waals surface area contributed by atoms with Crippen molar-refractivity contribution in [2.45, 2.75) is 19.9 Å². The second-order valence-electron chi connectivity index (χ2n) is 4.22. The Morgan fingerprint density at radius 2 is 2.00 bits per heavy atom. The lowest BCUT2D eigenvalue weighted by Crippen LogP contribution is -2.47. The van der Waals surface area contributed by atoms with Crippen molar-refractivity contribution in [3.63, 3.8) is 0 Å². The summed E-state index contributed by atoms with van der Waals surface area (Å²) < 4.78 is 13.2. The maximum atomic E-state index is 12.9. The summed E-state index contributed by atoms with van der Waals surface area (Å²) >= 11 is 3.09. The molecule has 3 N–H and O–H groups in total. The Labute approximate surface area is 113 Å². The molecule has 1 aromatic rings. The number of benzene rings is 1. The minimum Gasteiger partial charge on any atom is -0.368 e. The molecule has 0 radical (unpaired) electrons. The Balaban J connectivity index is 2.91. The van der Waals surface area contributed by atoms with E-state index in [2.05, 4.69) is 21.2 Å². The molecule has 0 heterocycles. The predicted octanol–water partition coefficient (Wildman–Crippen LogP) is 1.83. The van der Waals surface area contributed by atoms with Gasteiger partial charge in [0, 0.05) is 4.47 Å². The molecule has 0 saturated carbocycles. The number of nitrogens with one attached hydrogen (secondary N) is 1. The molecular weight excluding hydrogens is 303 g/mol. The monoisotopic (exact) mass is 316 g/mol. The van der Waals surface area contributed by atoms with Gasteiger partial charge in [0.1, 0.15) is 11.9 Å². The van der Waals surface area contributed by atoms with Crippen LogP contribution >= 0.6 is 15.9 Å². The van der Waals surface area contributed by atoms with Crippen molar-refractivity contribution in [3.8, 4) is 0 Å². The zero-order chi connectivity index (χ0) is 13.9. The van der Waals surface area contributed by atoms with Crippen LogP contribution in [0.2, 0.25) is 0 Å². The molecule has 0 bridgehead atoms. The van der Waals surface area contributed by atoms with Crippen LogP contribution in [0, 0.1) is 11.7 Å².